The second-order valence-electron chi connectivity index (χ2n) is 5.79. The van der Waals surface area contributed by atoms with Gasteiger partial charge in [-0.15, -0.1) is 11.3 Å². The lowest BCUT2D eigenvalue weighted by Crippen LogP contribution is -2.18. The van der Waals surface area contributed by atoms with Crippen molar-refractivity contribution >= 4 is 40.2 Å². The highest BCUT2D eigenvalue weighted by molar-refractivity contribution is 7.13. The SMILES string of the molecule is CN(C)c1ccc(Cl)cc1NC(=O)Cc1csc(-c2ccccc2)n1. The van der Waals surface area contributed by atoms with Crippen LogP contribution in [0.4, 0.5) is 11.4 Å². The normalized spacial score (nSPS) is 10.5. The van der Waals surface area contributed by atoms with Gasteiger partial charge in [-0.1, -0.05) is 41.9 Å². The molecule has 0 bridgehead atoms. The number of nitrogens with one attached hydrogen (secondary N) is 1. The standard InChI is InChI=1S/C19H18ClN3OS/c1-23(2)17-9-8-14(20)10-16(17)22-18(24)11-15-12-25-19(21-15)13-6-4-3-5-7-13/h3-10,12H,11H2,1-2H3,(H,22,24). The Kier molecular flexibility index (Phi) is 5.36. The molecule has 128 valence electrons. The van der Waals surface area contributed by atoms with Gasteiger partial charge in [0.05, 0.1) is 23.5 Å². The molecule has 2 aromatic carbocycles. The van der Waals surface area contributed by atoms with Crippen LogP contribution in [0, 0.1) is 0 Å². The number of rotatable bonds is 5. The molecule has 0 saturated heterocycles. The molecule has 6 heteroatoms. The molecule has 1 amide bonds. The maximum Gasteiger partial charge on any atom is 0.230 e. The number of benzene rings is 2. The number of carbonyl (C=O) groups excluding carboxylic acids is 1. The summed E-state index contributed by atoms with van der Waals surface area (Å²) < 4.78 is 0. The first-order valence-corrected chi connectivity index (χ1v) is 9.05. The van der Waals surface area contributed by atoms with Crippen molar-refractivity contribution < 1.29 is 4.79 Å². The number of anilines is 2. The number of hydrogen-bond acceptors (Lipinski definition) is 4. The first-order chi connectivity index (χ1) is 12.0. The van der Waals surface area contributed by atoms with Gasteiger partial charge < -0.3 is 10.2 Å². The van der Waals surface area contributed by atoms with Gasteiger partial charge in [-0.3, -0.25) is 4.79 Å². The molecule has 0 aliphatic heterocycles. The van der Waals surface area contributed by atoms with Crippen LogP contribution < -0.4 is 10.2 Å². The highest BCUT2D eigenvalue weighted by Gasteiger charge is 2.12. The molecule has 1 aromatic heterocycles. The molecule has 0 unspecified atom stereocenters. The number of halogens is 1. The van der Waals surface area contributed by atoms with E-state index in [0.29, 0.717) is 10.7 Å². The lowest BCUT2D eigenvalue weighted by molar-refractivity contribution is -0.115. The zero-order chi connectivity index (χ0) is 17.8. The van der Waals surface area contributed by atoms with Crippen molar-refractivity contribution in [3.05, 3.63) is 64.6 Å². The Morgan fingerprint density at radius 2 is 1.96 bits per heavy atom. The molecule has 4 nitrogen and oxygen atoms in total. The second kappa shape index (κ2) is 7.68. The number of nitrogens with zero attached hydrogens (tertiary/aromatic N) is 2. The van der Waals surface area contributed by atoms with Crippen LogP contribution in [0.3, 0.4) is 0 Å². The molecule has 0 aliphatic rings. The monoisotopic (exact) mass is 371 g/mol. The Bertz CT molecular complexity index is 877. The van der Waals surface area contributed by atoms with Crippen LogP contribution in [0.2, 0.25) is 5.02 Å². The van der Waals surface area contributed by atoms with Crippen LogP contribution in [0.1, 0.15) is 5.69 Å². The van der Waals surface area contributed by atoms with E-state index in [0.717, 1.165) is 22.0 Å². The van der Waals surface area contributed by atoms with E-state index in [4.69, 9.17) is 11.6 Å². The van der Waals surface area contributed by atoms with Crippen molar-refractivity contribution in [1.82, 2.24) is 4.98 Å². The maximum absolute atomic E-state index is 12.4. The Hall–Kier alpha value is -2.37. The highest BCUT2D eigenvalue weighted by atomic mass is 35.5. The van der Waals surface area contributed by atoms with Gasteiger partial charge in [0.2, 0.25) is 5.91 Å². The Labute approximate surface area is 156 Å². The van der Waals surface area contributed by atoms with Gasteiger partial charge in [0.25, 0.3) is 0 Å². The predicted molar refractivity (Wildman–Crippen MR) is 106 cm³/mol. The zero-order valence-corrected chi connectivity index (χ0v) is 15.6. The minimum Gasteiger partial charge on any atom is -0.376 e. The zero-order valence-electron chi connectivity index (χ0n) is 14.0. The summed E-state index contributed by atoms with van der Waals surface area (Å²) in [6, 6.07) is 15.4. The molecule has 0 aliphatic carbocycles. The summed E-state index contributed by atoms with van der Waals surface area (Å²) in [5, 5.41) is 6.35. The van der Waals surface area contributed by atoms with Crippen LogP contribution in [0.25, 0.3) is 10.6 Å². The van der Waals surface area contributed by atoms with Crippen LogP contribution in [0.5, 0.6) is 0 Å². The lowest BCUT2D eigenvalue weighted by atomic mass is 10.2. The van der Waals surface area contributed by atoms with E-state index in [1.807, 2.05) is 60.8 Å². The summed E-state index contributed by atoms with van der Waals surface area (Å²) in [6.45, 7) is 0. The smallest absolute Gasteiger partial charge is 0.230 e. The minimum absolute atomic E-state index is 0.115. The number of carbonyl (C=O) groups is 1. The van der Waals surface area contributed by atoms with Crippen molar-refractivity contribution in [2.75, 3.05) is 24.3 Å². The van der Waals surface area contributed by atoms with Gasteiger partial charge in [0, 0.05) is 30.1 Å². The first-order valence-electron chi connectivity index (χ1n) is 7.79. The fourth-order valence-electron chi connectivity index (χ4n) is 2.46. The quantitative estimate of drug-likeness (QED) is 0.706. The maximum atomic E-state index is 12.4. The summed E-state index contributed by atoms with van der Waals surface area (Å²) in [4.78, 5) is 18.9. The molecular formula is C19H18ClN3OS. The molecule has 0 fully saturated rings. The van der Waals surface area contributed by atoms with E-state index in [9.17, 15) is 4.79 Å². The fourth-order valence-corrected chi connectivity index (χ4v) is 3.46. The Morgan fingerprint density at radius 1 is 1.20 bits per heavy atom. The third-order valence-corrected chi connectivity index (χ3v) is 4.80. The van der Waals surface area contributed by atoms with Gasteiger partial charge in [-0.25, -0.2) is 4.98 Å². The number of thiazole rings is 1. The molecule has 3 aromatic rings. The summed E-state index contributed by atoms with van der Waals surface area (Å²) in [5.41, 5.74) is 3.42. The van der Waals surface area contributed by atoms with E-state index in [-0.39, 0.29) is 12.3 Å². The van der Waals surface area contributed by atoms with E-state index in [1.54, 1.807) is 23.5 Å². The second-order valence-corrected chi connectivity index (χ2v) is 7.09. The van der Waals surface area contributed by atoms with Crippen LogP contribution in [-0.4, -0.2) is 25.0 Å². The van der Waals surface area contributed by atoms with Crippen LogP contribution in [0.15, 0.2) is 53.9 Å². The van der Waals surface area contributed by atoms with E-state index in [1.165, 1.54) is 0 Å². The fraction of sp³-hybridized carbons (Fsp3) is 0.158. The van der Waals surface area contributed by atoms with Gasteiger partial charge in [-0.2, -0.15) is 0 Å². The third kappa shape index (κ3) is 4.38. The number of hydrogen-bond donors (Lipinski definition) is 1. The predicted octanol–water partition coefficient (Wildman–Crippen LogP) is 4.71. The first kappa shape index (κ1) is 17.5. The Balaban J connectivity index is 1.72. The molecule has 0 radical (unpaired) electrons. The van der Waals surface area contributed by atoms with E-state index >= 15 is 0 Å². The van der Waals surface area contributed by atoms with Gasteiger partial charge in [0.15, 0.2) is 0 Å². The topological polar surface area (TPSA) is 45.2 Å². The van der Waals surface area contributed by atoms with Crippen molar-refractivity contribution in [1.29, 1.82) is 0 Å². The van der Waals surface area contributed by atoms with Crippen molar-refractivity contribution in [2.24, 2.45) is 0 Å². The summed E-state index contributed by atoms with van der Waals surface area (Å²) in [6.07, 6.45) is 0.225. The Morgan fingerprint density at radius 3 is 2.68 bits per heavy atom. The summed E-state index contributed by atoms with van der Waals surface area (Å²) >= 11 is 7.60. The molecular weight excluding hydrogens is 354 g/mol. The van der Waals surface area contributed by atoms with Crippen molar-refractivity contribution in [3.63, 3.8) is 0 Å². The molecule has 3 rings (SSSR count). The molecule has 0 atom stereocenters. The number of amides is 1. The third-order valence-electron chi connectivity index (χ3n) is 3.63. The van der Waals surface area contributed by atoms with Crippen molar-refractivity contribution in [2.45, 2.75) is 6.42 Å². The molecule has 1 heterocycles. The van der Waals surface area contributed by atoms with Crippen LogP contribution in [-0.2, 0) is 11.2 Å². The van der Waals surface area contributed by atoms with Gasteiger partial charge >= 0.3 is 0 Å². The molecule has 0 spiro atoms. The van der Waals surface area contributed by atoms with Crippen molar-refractivity contribution in [3.8, 4) is 10.6 Å². The summed E-state index contributed by atoms with van der Waals surface area (Å²) in [7, 11) is 3.84. The van der Waals surface area contributed by atoms with E-state index < -0.39 is 0 Å². The van der Waals surface area contributed by atoms with Crippen LogP contribution >= 0.6 is 22.9 Å². The number of aromatic nitrogens is 1. The lowest BCUT2D eigenvalue weighted by Gasteiger charge is -2.18. The summed E-state index contributed by atoms with van der Waals surface area (Å²) in [5.74, 6) is -0.115. The molecule has 1 N–H and O–H groups in total. The largest absolute Gasteiger partial charge is 0.376 e. The average molecular weight is 372 g/mol. The van der Waals surface area contributed by atoms with Gasteiger partial charge in [0.1, 0.15) is 5.01 Å². The van der Waals surface area contributed by atoms with Gasteiger partial charge in [-0.05, 0) is 18.2 Å². The molecule has 25 heavy (non-hydrogen) atoms. The highest BCUT2D eigenvalue weighted by Crippen LogP contribution is 2.28. The van der Waals surface area contributed by atoms with E-state index in [2.05, 4.69) is 10.3 Å². The minimum atomic E-state index is -0.115. The molecule has 0 saturated carbocycles. The average Bonchev–Trinajstić information content (AvgIpc) is 3.03.